The highest BCUT2D eigenvalue weighted by atomic mass is 32.1. The summed E-state index contributed by atoms with van der Waals surface area (Å²) in [6, 6.07) is 2.08. The molecule has 12 heavy (non-hydrogen) atoms. The SMILES string of the molecule is CCc1c(C#N)csc1C(C)=O. The van der Waals surface area contributed by atoms with Crippen LogP contribution in [0.5, 0.6) is 0 Å². The molecule has 2 nitrogen and oxygen atoms in total. The summed E-state index contributed by atoms with van der Waals surface area (Å²) in [5, 5.41) is 10.4. The van der Waals surface area contributed by atoms with Gasteiger partial charge in [-0.3, -0.25) is 4.79 Å². The summed E-state index contributed by atoms with van der Waals surface area (Å²) in [4.78, 5) is 11.8. The minimum Gasteiger partial charge on any atom is -0.294 e. The van der Waals surface area contributed by atoms with Crippen LogP contribution in [0.2, 0.25) is 0 Å². The Bertz CT molecular complexity index is 346. The Hall–Kier alpha value is -1.14. The summed E-state index contributed by atoms with van der Waals surface area (Å²) < 4.78 is 0. The third kappa shape index (κ3) is 1.39. The zero-order chi connectivity index (χ0) is 9.14. The first-order valence-corrected chi connectivity index (χ1v) is 4.60. The number of hydrogen-bond donors (Lipinski definition) is 0. The summed E-state index contributed by atoms with van der Waals surface area (Å²) in [6.07, 6.45) is 0.751. The Morgan fingerprint density at radius 3 is 2.83 bits per heavy atom. The Morgan fingerprint density at radius 1 is 1.75 bits per heavy atom. The van der Waals surface area contributed by atoms with Crippen LogP contribution in [0.4, 0.5) is 0 Å². The predicted octanol–water partition coefficient (Wildman–Crippen LogP) is 2.38. The minimum absolute atomic E-state index is 0.0540. The number of carbonyl (C=O) groups is 1. The van der Waals surface area contributed by atoms with Crippen molar-refractivity contribution < 1.29 is 4.79 Å². The normalized spacial score (nSPS) is 9.42. The second-order valence-electron chi connectivity index (χ2n) is 2.48. The molecular formula is C9H9NOS. The smallest absolute Gasteiger partial charge is 0.170 e. The maximum absolute atomic E-state index is 11.1. The van der Waals surface area contributed by atoms with Gasteiger partial charge in [0.2, 0.25) is 0 Å². The topological polar surface area (TPSA) is 40.9 Å². The van der Waals surface area contributed by atoms with E-state index in [1.807, 2.05) is 6.92 Å². The number of carbonyl (C=O) groups excluding carboxylic acids is 1. The van der Waals surface area contributed by atoms with E-state index in [1.165, 1.54) is 18.3 Å². The van der Waals surface area contributed by atoms with Crippen molar-refractivity contribution in [3.63, 3.8) is 0 Å². The number of hydrogen-bond acceptors (Lipinski definition) is 3. The van der Waals surface area contributed by atoms with Gasteiger partial charge in [-0.15, -0.1) is 11.3 Å². The van der Waals surface area contributed by atoms with Crippen LogP contribution in [0, 0.1) is 11.3 Å². The monoisotopic (exact) mass is 179 g/mol. The molecule has 0 radical (unpaired) electrons. The molecule has 0 saturated carbocycles. The first-order valence-electron chi connectivity index (χ1n) is 3.72. The molecule has 1 heterocycles. The molecule has 1 aromatic rings. The Balaban J connectivity index is 3.25. The molecule has 0 bridgehead atoms. The van der Waals surface area contributed by atoms with Crippen molar-refractivity contribution in [2.24, 2.45) is 0 Å². The highest BCUT2D eigenvalue weighted by Gasteiger charge is 2.12. The van der Waals surface area contributed by atoms with E-state index in [9.17, 15) is 4.79 Å². The third-order valence-electron chi connectivity index (χ3n) is 1.69. The van der Waals surface area contributed by atoms with Crippen molar-refractivity contribution in [3.05, 3.63) is 21.4 Å². The summed E-state index contributed by atoms with van der Waals surface area (Å²) >= 11 is 1.36. The zero-order valence-corrected chi connectivity index (χ0v) is 7.86. The van der Waals surface area contributed by atoms with Crippen LogP contribution in [0.15, 0.2) is 5.38 Å². The average Bonchev–Trinajstić information content (AvgIpc) is 2.46. The second kappa shape index (κ2) is 3.51. The molecule has 3 heteroatoms. The van der Waals surface area contributed by atoms with Crippen molar-refractivity contribution >= 4 is 17.1 Å². The van der Waals surface area contributed by atoms with Gasteiger partial charge in [0.1, 0.15) is 6.07 Å². The van der Waals surface area contributed by atoms with E-state index in [4.69, 9.17) is 5.26 Å². The number of nitriles is 1. The van der Waals surface area contributed by atoms with Crippen LogP contribution >= 0.6 is 11.3 Å². The van der Waals surface area contributed by atoms with Gasteiger partial charge < -0.3 is 0 Å². The largest absolute Gasteiger partial charge is 0.294 e. The Morgan fingerprint density at radius 2 is 2.42 bits per heavy atom. The van der Waals surface area contributed by atoms with Gasteiger partial charge >= 0.3 is 0 Å². The van der Waals surface area contributed by atoms with Crippen LogP contribution in [0.25, 0.3) is 0 Å². The fourth-order valence-electron chi connectivity index (χ4n) is 1.12. The Labute approximate surface area is 75.5 Å². The lowest BCUT2D eigenvalue weighted by molar-refractivity contribution is 0.102. The number of ketones is 1. The molecule has 1 rings (SSSR count). The van der Waals surface area contributed by atoms with Gasteiger partial charge in [-0.05, 0) is 18.9 Å². The van der Waals surface area contributed by atoms with Gasteiger partial charge in [0.05, 0.1) is 10.4 Å². The summed E-state index contributed by atoms with van der Waals surface area (Å²) in [7, 11) is 0. The third-order valence-corrected chi connectivity index (χ3v) is 2.81. The van der Waals surface area contributed by atoms with Gasteiger partial charge in [-0.1, -0.05) is 6.92 Å². The van der Waals surface area contributed by atoms with Crippen molar-refractivity contribution in [2.75, 3.05) is 0 Å². The van der Waals surface area contributed by atoms with E-state index in [0.29, 0.717) is 5.56 Å². The molecule has 0 spiro atoms. The average molecular weight is 179 g/mol. The van der Waals surface area contributed by atoms with Crippen LogP contribution in [-0.2, 0) is 6.42 Å². The molecule has 0 aliphatic rings. The highest BCUT2D eigenvalue weighted by molar-refractivity contribution is 7.12. The van der Waals surface area contributed by atoms with Crippen molar-refractivity contribution in [3.8, 4) is 6.07 Å². The molecule has 0 unspecified atom stereocenters. The molecule has 0 aliphatic heterocycles. The van der Waals surface area contributed by atoms with E-state index in [1.54, 1.807) is 5.38 Å². The van der Waals surface area contributed by atoms with E-state index < -0.39 is 0 Å². The molecule has 0 amide bonds. The standard InChI is InChI=1S/C9H9NOS/c1-3-8-7(4-10)5-12-9(8)6(2)11/h5H,3H2,1-2H3. The van der Waals surface area contributed by atoms with Crippen molar-refractivity contribution in [1.82, 2.24) is 0 Å². The minimum atomic E-state index is 0.0540. The van der Waals surface area contributed by atoms with Crippen LogP contribution in [0.3, 0.4) is 0 Å². The lowest BCUT2D eigenvalue weighted by Gasteiger charge is -1.95. The fourth-order valence-corrected chi connectivity index (χ4v) is 2.12. The molecule has 0 N–H and O–H groups in total. The molecule has 0 fully saturated rings. The van der Waals surface area contributed by atoms with Gasteiger partial charge in [0, 0.05) is 5.38 Å². The van der Waals surface area contributed by atoms with E-state index in [2.05, 4.69) is 6.07 Å². The number of Topliss-reactive ketones (excluding diaryl/α,β-unsaturated/α-hetero) is 1. The molecule has 62 valence electrons. The van der Waals surface area contributed by atoms with Crippen molar-refractivity contribution in [2.45, 2.75) is 20.3 Å². The van der Waals surface area contributed by atoms with Gasteiger partial charge in [-0.25, -0.2) is 0 Å². The van der Waals surface area contributed by atoms with Gasteiger partial charge in [0.15, 0.2) is 5.78 Å². The highest BCUT2D eigenvalue weighted by Crippen LogP contribution is 2.22. The summed E-state index contributed by atoms with van der Waals surface area (Å²) in [5.41, 5.74) is 1.54. The lowest BCUT2D eigenvalue weighted by atomic mass is 10.1. The molecule has 0 saturated heterocycles. The maximum Gasteiger partial charge on any atom is 0.170 e. The number of rotatable bonds is 2. The van der Waals surface area contributed by atoms with Crippen LogP contribution < -0.4 is 0 Å². The number of thiophene rings is 1. The predicted molar refractivity (Wildman–Crippen MR) is 48.4 cm³/mol. The fraction of sp³-hybridized carbons (Fsp3) is 0.333. The molecule has 0 atom stereocenters. The van der Waals surface area contributed by atoms with Crippen LogP contribution in [-0.4, -0.2) is 5.78 Å². The second-order valence-corrected chi connectivity index (χ2v) is 3.36. The lowest BCUT2D eigenvalue weighted by Crippen LogP contribution is -1.94. The molecule has 0 aromatic carbocycles. The molecule has 1 aromatic heterocycles. The Kier molecular flexibility index (Phi) is 2.61. The maximum atomic E-state index is 11.1. The van der Waals surface area contributed by atoms with Crippen LogP contribution in [0.1, 0.15) is 34.6 Å². The van der Waals surface area contributed by atoms with Gasteiger partial charge in [-0.2, -0.15) is 5.26 Å². The van der Waals surface area contributed by atoms with E-state index >= 15 is 0 Å². The zero-order valence-electron chi connectivity index (χ0n) is 7.05. The number of nitrogens with zero attached hydrogens (tertiary/aromatic N) is 1. The summed E-state index contributed by atoms with van der Waals surface area (Å²) in [5.74, 6) is 0.0540. The van der Waals surface area contributed by atoms with E-state index in [0.717, 1.165) is 16.9 Å². The van der Waals surface area contributed by atoms with E-state index in [-0.39, 0.29) is 5.78 Å². The first kappa shape index (κ1) is 8.95. The molecule has 0 aliphatic carbocycles. The first-order chi connectivity index (χ1) is 5.70. The van der Waals surface area contributed by atoms with Crippen molar-refractivity contribution in [1.29, 1.82) is 5.26 Å². The quantitative estimate of drug-likeness (QED) is 0.654. The molecular weight excluding hydrogens is 170 g/mol. The van der Waals surface area contributed by atoms with Gasteiger partial charge in [0.25, 0.3) is 0 Å². The summed E-state index contributed by atoms with van der Waals surface area (Å²) in [6.45, 7) is 3.49.